The molecule has 3 unspecified atom stereocenters. The van der Waals surface area contributed by atoms with Crippen LogP contribution < -0.4 is 14.8 Å². The Bertz CT molecular complexity index is 455. The van der Waals surface area contributed by atoms with Crippen molar-refractivity contribution in [1.82, 2.24) is 5.32 Å². The van der Waals surface area contributed by atoms with Crippen LogP contribution in [0.4, 0.5) is 0 Å². The fourth-order valence-electron chi connectivity index (χ4n) is 2.83. The molecule has 1 fully saturated rings. The molecule has 0 aromatic heterocycles. The van der Waals surface area contributed by atoms with Gasteiger partial charge in [-0.05, 0) is 43.7 Å². The van der Waals surface area contributed by atoms with Crippen LogP contribution in [0.1, 0.15) is 30.9 Å². The highest BCUT2D eigenvalue weighted by molar-refractivity contribution is 7.99. The molecule has 1 aromatic carbocycles. The number of methoxy groups -OCH3 is 2. The van der Waals surface area contributed by atoms with Gasteiger partial charge in [0.1, 0.15) is 11.5 Å². The number of hydrogen-bond acceptors (Lipinski definition) is 5. The summed E-state index contributed by atoms with van der Waals surface area (Å²) in [7, 11) is 3.24. The maximum Gasteiger partial charge on any atom is 0.124 e. The Kier molecular flexibility index (Phi) is 6.21. The third kappa shape index (κ3) is 4.28. The molecule has 1 saturated carbocycles. The van der Waals surface area contributed by atoms with Crippen molar-refractivity contribution < 1.29 is 14.6 Å². The first-order chi connectivity index (χ1) is 10.2. The molecule has 0 saturated heterocycles. The molecule has 0 amide bonds. The third-order valence-corrected chi connectivity index (χ3v) is 5.21. The zero-order chi connectivity index (χ0) is 15.2. The molecule has 1 aromatic rings. The lowest BCUT2D eigenvalue weighted by atomic mass is 10.1. The standard InChI is InChI=1S/C16H25NO3S/c1-19-12-5-7-16(20-2)14(9-12)15(18)10-17-11-4-6-13(8-11)21-3/h5,7,9,11,13,15,17-18H,4,6,8,10H2,1-3H3. The maximum atomic E-state index is 10.4. The van der Waals surface area contributed by atoms with Crippen molar-refractivity contribution in [2.75, 3.05) is 27.0 Å². The van der Waals surface area contributed by atoms with E-state index in [2.05, 4.69) is 11.6 Å². The minimum atomic E-state index is -0.594. The molecule has 2 N–H and O–H groups in total. The van der Waals surface area contributed by atoms with Gasteiger partial charge in [-0.2, -0.15) is 11.8 Å². The molecule has 5 heteroatoms. The zero-order valence-electron chi connectivity index (χ0n) is 13.0. The van der Waals surface area contributed by atoms with E-state index in [-0.39, 0.29) is 0 Å². The number of aliphatic hydroxyl groups excluding tert-OH is 1. The van der Waals surface area contributed by atoms with E-state index in [1.807, 2.05) is 30.0 Å². The summed E-state index contributed by atoms with van der Waals surface area (Å²) in [5.41, 5.74) is 0.767. The van der Waals surface area contributed by atoms with Gasteiger partial charge in [0.15, 0.2) is 0 Å². The van der Waals surface area contributed by atoms with Crippen LogP contribution in [-0.4, -0.2) is 43.4 Å². The molecule has 1 aliphatic rings. The van der Waals surface area contributed by atoms with E-state index >= 15 is 0 Å². The van der Waals surface area contributed by atoms with Crippen molar-refractivity contribution in [3.05, 3.63) is 23.8 Å². The molecule has 1 aliphatic carbocycles. The van der Waals surface area contributed by atoms with Crippen LogP contribution in [0.2, 0.25) is 0 Å². The van der Waals surface area contributed by atoms with E-state index in [0.717, 1.165) is 16.6 Å². The predicted molar refractivity (Wildman–Crippen MR) is 87.5 cm³/mol. The lowest BCUT2D eigenvalue weighted by molar-refractivity contribution is 0.165. The third-order valence-electron chi connectivity index (χ3n) is 4.11. The van der Waals surface area contributed by atoms with Crippen LogP contribution in [0.5, 0.6) is 11.5 Å². The summed E-state index contributed by atoms with van der Waals surface area (Å²) in [6, 6.07) is 6.01. The normalized spacial score (nSPS) is 23.0. The molecule has 3 atom stereocenters. The molecule has 4 nitrogen and oxygen atoms in total. The Morgan fingerprint density at radius 1 is 1.33 bits per heavy atom. The molecule has 0 radical (unpaired) electrons. The summed E-state index contributed by atoms with van der Waals surface area (Å²) in [6.45, 7) is 0.537. The number of benzene rings is 1. The highest BCUT2D eigenvalue weighted by Crippen LogP contribution is 2.31. The number of ether oxygens (including phenoxy) is 2. The van der Waals surface area contributed by atoms with Gasteiger partial charge < -0.3 is 19.9 Å². The largest absolute Gasteiger partial charge is 0.497 e. The number of hydrogen-bond donors (Lipinski definition) is 2. The van der Waals surface area contributed by atoms with E-state index in [9.17, 15) is 5.11 Å². The van der Waals surface area contributed by atoms with Crippen LogP contribution in [0.3, 0.4) is 0 Å². The fourth-order valence-corrected chi connectivity index (χ4v) is 3.62. The average Bonchev–Trinajstić information content (AvgIpc) is 3.00. The van der Waals surface area contributed by atoms with Gasteiger partial charge in [-0.1, -0.05) is 0 Å². The monoisotopic (exact) mass is 311 g/mol. The van der Waals surface area contributed by atoms with Gasteiger partial charge in [0, 0.05) is 23.4 Å². The molecule has 0 aliphatic heterocycles. The van der Waals surface area contributed by atoms with Crippen LogP contribution in [0.25, 0.3) is 0 Å². The summed E-state index contributed by atoms with van der Waals surface area (Å²) >= 11 is 1.94. The molecule has 0 spiro atoms. The molecule has 118 valence electrons. The van der Waals surface area contributed by atoms with Crippen molar-refractivity contribution in [2.45, 2.75) is 36.7 Å². The van der Waals surface area contributed by atoms with Gasteiger partial charge >= 0.3 is 0 Å². The van der Waals surface area contributed by atoms with E-state index in [1.54, 1.807) is 14.2 Å². The van der Waals surface area contributed by atoms with Crippen molar-refractivity contribution in [3.63, 3.8) is 0 Å². The number of rotatable bonds is 7. The van der Waals surface area contributed by atoms with Crippen molar-refractivity contribution in [2.24, 2.45) is 0 Å². The number of thioether (sulfide) groups is 1. The highest BCUT2D eigenvalue weighted by atomic mass is 32.2. The van der Waals surface area contributed by atoms with Gasteiger partial charge in [0.25, 0.3) is 0 Å². The van der Waals surface area contributed by atoms with E-state index < -0.39 is 6.10 Å². The molecule has 21 heavy (non-hydrogen) atoms. The minimum absolute atomic E-state index is 0.508. The fraction of sp³-hybridized carbons (Fsp3) is 0.625. The van der Waals surface area contributed by atoms with Crippen molar-refractivity contribution in [1.29, 1.82) is 0 Å². The Hall–Kier alpha value is -0.910. The average molecular weight is 311 g/mol. The first-order valence-corrected chi connectivity index (χ1v) is 8.62. The second-order valence-electron chi connectivity index (χ2n) is 5.40. The lowest BCUT2D eigenvalue weighted by Crippen LogP contribution is -2.31. The van der Waals surface area contributed by atoms with Crippen LogP contribution in [0, 0.1) is 0 Å². The second kappa shape index (κ2) is 7.92. The molecule has 2 rings (SSSR count). The van der Waals surface area contributed by atoms with Gasteiger partial charge in [-0.3, -0.25) is 0 Å². The van der Waals surface area contributed by atoms with Crippen LogP contribution >= 0.6 is 11.8 Å². The number of aliphatic hydroxyl groups is 1. The summed E-state index contributed by atoms with van der Waals surface area (Å²) in [5.74, 6) is 1.42. The van der Waals surface area contributed by atoms with E-state index in [4.69, 9.17) is 9.47 Å². The quantitative estimate of drug-likeness (QED) is 0.811. The molecular weight excluding hydrogens is 286 g/mol. The van der Waals surface area contributed by atoms with Gasteiger partial charge in [0.05, 0.1) is 20.3 Å². The van der Waals surface area contributed by atoms with Gasteiger partial charge in [-0.25, -0.2) is 0 Å². The first kappa shape index (κ1) is 16.5. The Morgan fingerprint density at radius 3 is 2.76 bits per heavy atom. The van der Waals surface area contributed by atoms with Crippen LogP contribution in [0.15, 0.2) is 18.2 Å². The summed E-state index contributed by atoms with van der Waals surface area (Å²) in [6.07, 6.45) is 5.21. The van der Waals surface area contributed by atoms with Gasteiger partial charge in [0.2, 0.25) is 0 Å². The van der Waals surface area contributed by atoms with Crippen LogP contribution in [-0.2, 0) is 0 Å². The van der Waals surface area contributed by atoms with E-state index in [1.165, 1.54) is 19.3 Å². The van der Waals surface area contributed by atoms with Crippen molar-refractivity contribution in [3.8, 4) is 11.5 Å². The first-order valence-electron chi connectivity index (χ1n) is 7.34. The smallest absolute Gasteiger partial charge is 0.124 e. The Balaban J connectivity index is 1.95. The van der Waals surface area contributed by atoms with Crippen molar-refractivity contribution >= 4 is 11.8 Å². The highest BCUT2D eigenvalue weighted by Gasteiger charge is 2.24. The maximum absolute atomic E-state index is 10.4. The van der Waals surface area contributed by atoms with Gasteiger partial charge in [-0.15, -0.1) is 0 Å². The molecule has 0 bridgehead atoms. The molecular formula is C16H25NO3S. The second-order valence-corrected chi connectivity index (χ2v) is 6.54. The number of nitrogens with one attached hydrogen (secondary N) is 1. The SMILES string of the molecule is COc1ccc(OC)c(C(O)CNC2CCC(SC)C2)c1. The Labute approximate surface area is 131 Å². The summed E-state index contributed by atoms with van der Waals surface area (Å²) in [4.78, 5) is 0. The summed E-state index contributed by atoms with van der Waals surface area (Å²) < 4.78 is 10.5. The zero-order valence-corrected chi connectivity index (χ0v) is 13.8. The summed E-state index contributed by atoms with van der Waals surface area (Å²) in [5, 5.41) is 14.7. The topological polar surface area (TPSA) is 50.7 Å². The lowest BCUT2D eigenvalue weighted by Gasteiger charge is -2.19. The Morgan fingerprint density at radius 2 is 2.14 bits per heavy atom. The van der Waals surface area contributed by atoms with E-state index in [0.29, 0.717) is 18.3 Å². The minimum Gasteiger partial charge on any atom is -0.497 e. The predicted octanol–water partition coefficient (Wildman–Crippen LogP) is 2.61. The molecule has 0 heterocycles.